The Kier molecular flexibility index (Phi) is 2.30. The molecule has 3 N–H and O–H groups in total. The summed E-state index contributed by atoms with van der Waals surface area (Å²) in [4.78, 5) is 3.38. The molecule has 0 fully saturated rings. The molecule has 0 unspecified atom stereocenters. The molecule has 1 aromatic carbocycles. The number of H-pyrrole nitrogens is 1. The summed E-state index contributed by atoms with van der Waals surface area (Å²) in [6.07, 6.45) is 1.04. The second kappa shape index (κ2) is 3.46. The fourth-order valence-corrected chi connectivity index (χ4v) is 2.00. The summed E-state index contributed by atoms with van der Waals surface area (Å²) < 4.78 is 0. The number of rotatable bonds is 2. The van der Waals surface area contributed by atoms with Gasteiger partial charge in [0.25, 0.3) is 0 Å². The van der Waals surface area contributed by atoms with E-state index < -0.39 is 0 Å². The Morgan fingerprint density at radius 2 is 2.14 bits per heavy atom. The standard InChI is InChI=1S/C12H16N2/c1-3-9-10-5-4-8(2)6-11(10)14-12(9)7-13/h4-6,14H,3,7,13H2,1-2H3. The van der Waals surface area contributed by atoms with E-state index in [1.54, 1.807) is 0 Å². The number of fused-ring (bicyclic) bond motifs is 1. The molecule has 1 heterocycles. The van der Waals surface area contributed by atoms with Crippen LogP contribution in [0.3, 0.4) is 0 Å². The van der Waals surface area contributed by atoms with E-state index in [-0.39, 0.29) is 0 Å². The van der Waals surface area contributed by atoms with E-state index >= 15 is 0 Å². The van der Waals surface area contributed by atoms with Crippen LogP contribution in [0.1, 0.15) is 23.7 Å². The molecule has 0 aliphatic carbocycles. The van der Waals surface area contributed by atoms with Gasteiger partial charge < -0.3 is 10.7 Å². The molecule has 14 heavy (non-hydrogen) atoms. The lowest BCUT2D eigenvalue weighted by atomic mass is 10.1. The Balaban J connectivity index is 2.73. The molecular weight excluding hydrogens is 172 g/mol. The van der Waals surface area contributed by atoms with Gasteiger partial charge in [-0.1, -0.05) is 19.1 Å². The summed E-state index contributed by atoms with van der Waals surface area (Å²) in [5.41, 5.74) is 10.7. The molecular formula is C12H16N2. The van der Waals surface area contributed by atoms with E-state index in [4.69, 9.17) is 5.73 Å². The van der Waals surface area contributed by atoms with Crippen LogP contribution in [0, 0.1) is 6.92 Å². The Labute approximate surface area is 84.1 Å². The predicted octanol–water partition coefficient (Wildman–Crippen LogP) is 2.50. The third-order valence-corrected chi connectivity index (χ3v) is 2.71. The molecule has 2 nitrogen and oxygen atoms in total. The van der Waals surface area contributed by atoms with Gasteiger partial charge in [-0.05, 0) is 30.5 Å². The zero-order valence-corrected chi connectivity index (χ0v) is 8.72. The van der Waals surface area contributed by atoms with E-state index in [9.17, 15) is 0 Å². The molecule has 0 amide bonds. The van der Waals surface area contributed by atoms with Crippen LogP contribution in [0.4, 0.5) is 0 Å². The third-order valence-electron chi connectivity index (χ3n) is 2.71. The molecule has 0 saturated carbocycles. The monoisotopic (exact) mass is 188 g/mol. The average molecular weight is 188 g/mol. The van der Waals surface area contributed by atoms with Crippen molar-refractivity contribution >= 4 is 10.9 Å². The first-order valence-corrected chi connectivity index (χ1v) is 5.06. The predicted molar refractivity (Wildman–Crippen MR) is 60.3 cm³/mol. The maximum atomic E-state index is 5.70. The Hall–Kier alpha value is -1.28. The highest BCUT2D eigenvalue weighted by atomic mass is 14.8. The van der Waals surface area contributed by atoms with Gasteiger partial charge in [0.2, 0.25) is 0 Å². The lowest BCUT2D eigenvalue weighted by molar-refractivity contribution is 0.973. The molecule has 74 valence electrons. The van der Waals surface area contributed by atoms with Gasteiger partial charge in [-0.3, -0.25) is 0 Å². The number of aromatic amines is 1. The maximum Gasteiger partial charge on any atom is 0.0461 e. The molecule has 0 saturated heterocycles. The molecule has 2 heteroatoms. The fraction of sp³-hybridized carbons (Fsp3) is 0.333. The van der Waals surface area contributed by atoms with Crippen molar-refractivity contribution in [2.24, 2.45) is 5.73 Å². The van der Waals surface area contributed by atoms with Gasteiger partial charge in [0.15, 0.2) is 0 Å². The number of nitrogens with two attached hydrogens (primary N) is 1. The van der Waals surface area contributed by atoms with Crippen LogP contribution in [0.5, 0.6) is 0 Å². The molecule has 0 aliphatic heterocycles. The van der Waals surface area contributed by atoms with E-state index in [0.29, 0.717) is 6.54 Å². The lowest BCUT2D eigenvalue weighted by Gasteiger charge is -1.97. The molecule has 0 spiro atoms. The molecule has 0 atom stereocenters. The maximum absolute atomic E-state index is 5.70. The second-order valence-corrected chi connectivity index (χ2v) is 3.69. The molecule has 0 radical (unpaired) electrons. The average Bonchev–Trinajstić information content (AvgIpc) is 2.54. The van der Waals surface area contributed by atoms with Crippen molar-refractivity contribution in [1.82, 2.24) is 4.98 Å². The van der Waals surface area contributed by atoms with Crippen LogP contribution >= 0.6 is 0 Å². The van der Waals surface area contributed by atoms with Crippen LogP contribution in [0.15, 0.2) is 18.2 Å². The topological polar surface area (TPSA) is 41.8 Å². The van der Waals surface area contributed by atoms with Crippen molar-refractivity contribution in [3.63, 3.8) is 0 Å². The summed E-state index contributed by atoms with van der Waals surface area (Å²) in [6, 6.07) is 6.50. The van der Waals surface area contributed by atoms with Gasteiger partial charge in [0.05, 0.1) is 0 Å². The number of hydrogen-bond donors (Lipinski definition) is 2. The van der Waals surface area contributed by atoms with Gasteiger partial charge in [-0.2, -0.15) is 0 Å². The van der Waals surface area contributed by atoms with Crippen molar-refractivity contribution in [3.05, 3.63) is 35.0 Å². The number of aromatic nitrogens is 1. The normalized spacial score (nSPS) is 11.1. The largest absolute Gasteiger partial charge is 0.357 e. The second-order valence-electron chi connectivity index (χ2n) is 3.69. The fourth-order valence-electron chi connectivity index (χ4n) is 2.00. The van der Waals surface area contributed by atoms with Crippen molar-refractivity contribution in [2.75, 3.05) is 0 Å². The summed E-state index contributed by atoms with van der Waals surface area (Å²) in [7, 11) is 0. The van der Waals surface area contributed by atoms with Crippen LogP contribution in [-0.4, -0.2) is 4.98 Å². The number of benzene rings is 1. The Morgan fingerprint density at radius 3 is 2.79 bits per heavy atom. The minimum atomic E-state index is 0.594. The zero-order valence-electron chi connectivity index (χ0n) is 8.72. The first-order chi connectivity index (χ1) is 6.76. The highest BCUT2D eigenvalue weighted by Gasteiger charge is 2.07. The van der Waals surface area contributed by atoms with Gasteiger partial charge in [0.1, 0.15) is 0 Å². The summed E-state index contributed by atoms with van der Waals surface area (Å²) in [5, 5.41) is 1.32. The number of hydrogen-bond acceptors (Lipinski definition) is 1. The first kappa shape index (κ1) is 9.28. The third kappa shape index (κ3) is 1.32. The highest BCUT2D eigenvalue weighted by molar-refractivity contribution is 5.85. The van der Waals surface area contributed by atoms with Crippen LogP contribution in [-0.2, 0) is 13.0 Å². The van der Waals surface area contributed by atoms with Crippen LogP contribution in [0.2, 0.25) is 0 Å². The van der Waals surface area contributed by atoms with Crippen molar-refractivity contribution in [1.29, 1.82) is 0 Å². The number of aryl methyl sites for hydroxylation is 2. The van der Waals surface area contributed by atoms with Crippen molar-refractivity contribution < 1.29 is 0 Å². The molecule has 2 aromatic rings. The zero-order chi connectivity index (χ0) is 10.1. The summed E-state index contributed by atoms with van der Waals surface area (Å²) in [5.74, 6) is 0. The van der Waals surface area contributed by atoms with Gasteiger partial charge in [-0.15, -0.1) is 0 Å². The SMILES string of the molecule is CCc1c(CN)[nH]c2cc(C)ccc12. The molecule has 0 aliphatic rings. The highest BCUT2D eigenvalue weighted by Crippen LogP contribution is 2.23. The van der Waals surface area contributed by atoms with Crippen LogP contribution in [0.25, 0.3) is 10.9 Å². The Bertz CT molecular complexity index is 455. The smallest absolute Gasteiger partial charge is 0.0461 e. The Morgan fingerprint density at radius 1 is 1.36 bits per heavy atom. The van der Waals surface area contributed by atoms with E-state index in [2.05, 4.69) is 37.0 Å². The summed E-state index contributed by atoms with van der Waals surface area (Å²) in [6.45, 7) is 4.87. The van der Waals surface area contributed by atoms with Gasteiger partial charge in [0, 0.05) is 23.1 Å². The van der Waals surface area contributed by atoms with E-state index in [1.807, 2.05) is 0 Å². The van der Waals surface area contributed by atoms with Gasteiger partial charge >= 0.3 is 0 Å². The lowest BCUT2D eigenvalue weighted by Crippen LogP contribution is -1.99. The number of nitrogens with one attached hydrogen (secondary N) is 1. The molecule has 1 aromatic heterocycles. The van der Waals surface area contributed by atoms with Gasteiger partial charge in [-0.25, -0.2) is 0 Å². The minimum absolute atomic E-state index is 0.594. The van der Waals surface area contributed by atoms with Crippen molar-refractivity contribution in [2.45, 2.75) is 26.8 Å². The summed E-state index contributed by atoms with van der Waals surface area (Å²) >= 11 is 0. The van der Waals surface area contributed by atoms with E-state index in [1.165, 1.54) is 27.7 Å². The molecule has 0 bridgehead atoms. The van der Waals surface area contributed by atoms with E-state index in [0.717, 1.165) is 6.42 Å². The molecule has 2 rings (SSSR count). The quantitative estimate of drug-likeness (QED) is 0.747. The van der Waals surface area contributed by atoms with Crippen molar-refractivity contribution in [3.8, 4) is 0 Å². The first-order valence-electron chi connectivity index (χ1n) is 5.06. The van der Waals surface area contributed by atoms with Crippen LogP contribution < -0.4 is 5.73 Å². The minimum Gasteiger partial charge on any atom is -0.357 e.